The van der Waals surface area contributed by atoms with Crippen LogP contribution in [0.4, 0.5) is 11.4 Å². The monoisotopic (exact) mass is 249 g/mol. The van der Waals surface area contributed by atoms with Crippen LogP contribution in [0, 0.1) is 0 Å². The highest BCUT2D eigenvalue weighted by atomic mass is 35.5. The molecule has 1 aromatic rings. The molecule has 0 radical (unpaired) electrons. The number of benzene rings is 1. The van der Waals surface area contributed by atoms with Crippen LogP contribution in [-0.4, -0.2) is 12.2 Å². The Morgan fingerprint density at radius 3 is 2.29 bits per heavy atom. The summed E-state index contributed by atoms with van der Waals surface area (Å²) in [5.74, 6) is 0. The summed E-state index contributed by atoms with van der Waals surface area (Å²) in [6.07, 6.45) is 0. The van der Waals surface area contributed by atoms with Gasteiger partial charge in [0.15, 0.2) is 5.11 Å². The summed E-state index contributed by atoms with van der Waals surface area (Å²) in [4.78, 5) is 0. The Balaban J connectivity index is 2.95. The quantitative estimate of drug-likeness (QED) is 0.529. The molecule has 0 heterocycles. The van der Waals surface area contributed by atoms with E-state index >= 15 is 0 Å². The summed E-state index contributed by atoms with van der Waals surface area (Å²) in [7, 11) is 1.72. The average molecular weight is 250 g/mol. The summed E-state index contributed by atoms with van der Waals surface area (Å²) < 4.78 is 0. The molecular formula is C8H9Cl2N3S. The van der Waals surface area contributed by atoms with Gasteiger partial charge in [-0.1, -0.05) is 23.2 Å². The van der Waals surface area contributed by atoms with Crippen molar-refractivity contribution in [3.05, 3.63) is 22.2 Å². The van der Waals surface area contributed by atoms with E-state index in [-0.39, 0.29) is 0 Å². The molecule has 0 aliphatic carbocycles. The van der Waals surface area contributed by atoms with Crippen LogP contribution in [0.15, 0.2) is 12.1 Å². The minimum Gasteiger partial charge on any atom is -0.396 e. The number of nitrogen functional groups attached to an aromatic ring is 1. The van der Waals surface area contributed by atoms with Crippen LogP contribution in [0.5, 0.6) is 0 Å². The highest BCUT2D eigenvalue weighted by Crippen LogP contribution is 2.30. The zero-order valence-corrected chi connectivity index (χ0v) is 9.72. The van der Waals surface area contributed by atoms with Gasteiger partial charge < -0.3 is 16.4 Å². The van der Waals surface area contributed by atoms with Gasteiger partial charge in [-0.2, -0.15) is 0 Å². The molecule has 0 aromatic heterocycles. The van der Waals surface area contributed by atoms with Crippen molar-refractivity contribution >= 4 is 51.9 Å². The van der Waals surface area contributed by atoms with E-state index in [1.165, 1.54) is 0 Å². The van der Waals surface area contributed by atoms with Gasteiger partial charge in [-0.25, -0.2) is 0 Å². The third-order valence-electron chi connectivity index (χ3n) is 1.56. The predicted octanol–water partition coefficient (Wildman–Crippen LogP) is 2.49. The number of nitrogens with two attached hydrogens (primary N) is 1. The molecule has 0 saturated carbocycles. The first kappa shape index (κ1) is 11.4. The SMILES string of the molecule is CNC(=S)Nc1cc(Cl)c(N)c(Cl)c1. The molecule has 0 fully saturated rings. The number of halogens is 2. The Labute approximate surface area is 97.6 Å². The van der Waals surface area contributed by atoms with Crippen molar-refractivity contribution in [3.63, 3.8) is 0 Å². The highest BCUT2D eigenvalue weighted by molar-refractivity contribution is 7.80. The van der Waals surface area contributed by atoms with E-state index in [1.807, 2.05) is 0 Å². The fourth-order valence-corrected chi connectivity index (χ4v) is 1.45. The van der Waals surface area contributed by atoms with Gasteiger partial charge in [-0.15, -0.1) is 0 Å². The molecule has 0 amide bonds. The second-order valence-electron chi connectivity index (χ2n) is 2.56. The Morgan fingerprint density at radius 2 is 1.86 bits per heavy atom. The molecule has 76 valence electrons. The first-order valence-corrected chi connectivity index (χ1v) is 4.94. The lowest BCUT2D eigenvalue weighted by molar-refractivity contribution is 1.20. The van der Waals surface area contributed by atoms with Crippen LogP contribution < -0.4 is 16.4 Å². The maximum absolute atomic E-state index is 5.83. The summed E-state index contributed by atoms with van der Waals surface area (Å²) in [5, 5.41) is 6.96. The molecule has 0 saturated heterocycles. The summed E-state index contributed by atoms with van der Waals surface area (Å²) in [6.45, 7) is 0. The van der Waals surface area contributed by atoms with E-state index in [2.05, 4.69) is 10.6 Å². The molecule has 14 heavy (non-hydrogen) atoms. The lowest BCUT2D eigenvalue weighted by Gasteiger charge is -2.09. The second-order valence-corrected chi connectivity index (χ2v) is 3.78. The standard InChI is InChI=1S/C8H9Cl2N3S/c1-12-8(14)13-4-2-5(9)7(11)6(10)3-4/h2-3H,11H2,1H3,(H2,12,13,14). The van der Waals surface area contributed by atoms with Crippen LogP contribution in [0.2, 0.25) is 10.0 Å². The van der Waals surface area contributed by atoms with Gasteiger partial charge in [0.05, 0.1) is 15.7 Å². The van der Waals surface area contributed by atoms with Gasteiger partial charge in [0.2, 0.25) is 0 Å². The van der Waals surface area contributed by atoms with E-state index < -0.39 is 0 Å². The molecule has 6 heteroatoms. The summed E-state index contributed by atoms with van der Waals surface area (Å²) in [5.41, 5.74) is 6.65. The van der Waals surface area contributed by atoms with Crippen LogP contribution in [-0.2, 0) is 0 Å². The molecule has 1 rings (SSSR count). The van der Waals surface area contributed by atoms with Gasteiger partial charge in [-0.05, 0) is 24.4 Å². The molecule has 0 bridgehead atoms. The number of nitrogens with one attached hydrogen (secondary N) is 2. The van der Waals surface area contributed by atoms with Gasteiger partial charge in [0, 0.05) is 12.7 Å². The predicted molar refractivity (Wildman–Crippen MR) is 66.2 cm³/mol. The maximum Gasteiger partial charge on any atom is 0.170 e. The zero-order chi connectivity index (χ0) is 10.7. The third kappa shape index (κ3) is 2.64. The normalized spacial score (nSPS) is 9.64. The highest BCUT2D eigenvalue weighted by Gasteiger charge is 2.05. The summed E-state index contributed by atoms with van der Waals surface area (Å²) >= 11 is 16.6. The van der Waals surface area contributed by atoms with Gasteiger partial charge in [0.25, 0.3) is 0 Å². The Kier molecular flexibility index (Phi) is 3.80. The molecular weight excluding hydrogens is 241 g/mol. The van der Waals surface area contributed by atoms with Gasteiger partial charge in [0.1, 0.15) is 0 Å². The van der Waals surface area contributed by atoms with Crippen LogP contribution in [0.3, 0.4) is 0 Å². The maximum atomic E-state index is 5.83. The minimum atomic E-state index is 0.370. The van der Waals surface area contributed by atoms with E-state index in [0.29, 0.717) is 26.5 Å². The van der Waals surface area contributed by atoms with Crippen LogP contribution >= 0.6 is 35.4 Å². The molecule has 3 nitrogen and oxygen atoms in total. The lowest BCUT2D eigenvalue weighted by atomic mass is 10.3. The number of anilines is 2. The molecule has 0 atom stereocenters. The Hall–Kier alpha value is -0.710. The van der Waals surface area contributed by atoms with Crippen molar-refractivity contribution in [2.24, 2.45) is 0 Å². The number of hydrogen-bond donors (Lipinski definition) is 3. The Bertz CT molecular complexity index is 345. The Morgan fingerprint density at radius 1 is 1.36 bits per heavy atom. The fraction of sp³-hybridized carbons (Fsp3) is 0.125. The molecule has 0 aliphatic heterocycles. The van der Waals surface area contributed by atoms with Crippen molar-refractivity contribution in [2.45, 2.75) is 0 Å². The molecule has 0 spiro atoms. The van der Waals surface area contributed by atoms with Crippen LogP contribution in [0.25, 0.3) is 0 Å². The molecule has 0 aliphatic rings. The molecule has 1 aromatic carbocycles. The van der Waals surface area contributed by atoms with Crippen molar-refractivity contribution in [3.8, 4) is 0 Å². The van der Waals surface area contributed by atoms with Crippen molar-refractivity contribution in [1.82, 2.24) is 5.32 Å². The van der Waals surface area contributed by atoms with E-state index in [4.69, 9.17) is 41.2 Å². The van der Waals surface area contributed by atoms with E-state index in [9.17, 15) is 0 Å². The number of rotatable bonds is 1. The van der Waals surface area contributed by atoms with Crippen LogP contribution in [0.1, 0.15) is 0 Å². The largest absolute Gasteiger partial charge is 0.396 e. The van der Waals surface area contributed by atoms with E-state index in [1.54, 1.807) is 19.2 Å². The van der Waals surface area contributed by atoms with Crippen molar-refractivity contribution < 1.29 is 0 Å². The van der Waals surface area contributed by atoms with Crippen molar-refractivity contribution in [1.29, 1.82) is 0 Å². The molecule has 4 N–H and O–H groups in total. The smallest absolute Gasteiger partial charge is 0.170 e. The third-order valence-corrected chi connectivity index (χ3v) is 2.50. The average Bonchev–Trinajstić information content (AvgIpc) is 2.14. The zero-order valence-electron chi connectivity index (χ0n) is 7.40. The van der Waals surface area contributed by atoms with Gasteiger partial charge in [-0.3, -0.25) is 0 Å². The minimum absolute atomic E-state index is 0.370. The van der Waals surface area contributed by atoms with Gasteiger partial charge >= 0.3 is 0 Å². The lowest BCUT2D eigenvalue weighted by Crippen LogP contribution is -2.24. The fourth-order valence-electron chi connectivity index (χ4n) is 0.850. The first-order valence-electron chi connectivity index (χ1n) is 3.78. The molecule has 0 unspecified atom stereocenters. The topological polar surface area (TPSA) is 50.1 Å². The summed E-state index contributed by atoms with van der Waals surface area (Å²) in [6, 6.07) is 3.32. The number of thiocarbonyl (C=S) groups is 1. The number of hydrogen-bond acceptors (Lipinski definition) is 2. The van der Waals surface area contributed by atoms with Crippen molar-refractivity contribution in [2.75, 3.05) is 18.1 Å². The first-order chi connectivity index (χ1) is 6.54. The second kappa shape index (κ2) is 4.68. The van der Waals surface area contributed by atoms with E-state index in [0.717, 1.165) is 0 Å².